The minimum atomic E-state index is -2.68. The second-order valence-corrected chi connectivity index (χ2v) is 8.94. The Hall–Kier alpha value is -3.45. The molecule has 38 heavy (non-hydrogen) atoms. The van der Waals surface area contributed by atoms with Crippen LogP contribution in [-0.2, 0) is 11.2 Å². The number of piperidine rings is 1. The van der Waals surface area contributed by atoms with E-state index in [0.29, 0.717) is 48.3 Å². The lowest BCUT2D eigenvalue weighted by Gasteiger charge is -2.35. The molecule has 210 valence electrons. The molecule has 2 aromatic rings. The molecule has 11 nitrogen and oxygen atoms in total. The number of pyridine rings is 1. The zero-order chi connectivity index (χ0) is 28.3. The average Bonchev–Trinajstić information content (AvgIpc) is 3.75. The maximum Gasteiger partial charge on any atom is 0.265 e. The normalized spacial score (nSPS) is 16.7. The van der Waals surface area contributed by atoms with Gasteiger partial charge in [-0.15, -0.1) is 5.10 Å². The molecule has 0 radical (unpaired) electrons. The van der Waals surface area contributed by atoms with Gasteiger partial charge in [0, 0.05) is 33.0 Å². The van der Waals surface area contributed by atoms with Gasteiger partial charge in [-0.3, -0.25) is 0 Å². The number of aldehydes is 1. The second kappa shape index (κ2) is 14.5. The van der Waals surface area contributed by atoms with Gasteiger partial charge in [0.15, 0.2) is 0 Å². The number of carbonyl (C=O) groups is 1. The molecule has 2 aromatic heterocycles. The van der Waals surface area contributed by atoms with Crippen LogP contribution in [0.3, 0.4) is 0 Å². The maximum atomic E-state index is 13.9. The molecule has 2 aliphatic rings. The fourth-order valence-corrected chi connectivity index (χ4v) is 4.05. The molecule has 2 fully saturated rings. The van der Waals surface area contributed by atoms with Gasteiger partial charge in [-0.05, 0) is 44.7 Å². The Morgan fingerprint density at radius 2 is 2.00 bits per heavy atom. The number of alkyl halides is 2. The summed E-state index contributed by atoms with van der Waals surface area (Å²) in [6, 6.07) is 3.58. The smallest absolute Gasteiger partial charge is 0.265 e. The van der Waals surface area contributed by atoms with Gasteiger partial charge in [-0.1, -0.05) is 6.92 Å². The van der Waals surface area contributed by atoms with Crippen LogP contribution in [-0.4, -0.2) is 76.3 Å². The average molecular weight is 536 g/mol. The van der Waals surface area contributed by atoms with E-state index in [9.17, 15) is 8.78 Å². The highest BCUT2D eigenvalue weighted by Gasteiger charge is 2.36. The highest BCUT2D eigenvalue weighted by atomic mass is 19.3. The largest absolute Gasteiger partial charge is 0.400 e. The van der Waals surface area contributed by atoms with Crippen molar-refractivity contribution < 1.29 is 18.7 Å². The lowest BCUT2D eigenvalue weighted by molar-refractivity contribution is -0.106. The highest BCUT2D eigenvalue weighted by molar-refractivity contribution is 5.66. The predicted octanol–water partition coefficient (Wildman–Crippen LogP) is 2.30. The van der Waals surface area contributed by atoms with Crippen LogP contribution in [0.25, 0.3) is 5.70 Å². The number of likely N-dealkylation sites (N-methyl/N-ethyl adjacent to an activating group) is 1. The Morgan fingerprint density at radius 3 is 2.58 bits per heavy atom. The molecule has 1 saturated carbocycles. The van der Waals surface area contributed by atoms with Gasteiger partial charge in [0.1, 0.15) is 6.29 Å². The number of halogens is 2. The number of anilines is 2. The Balaban J connectivity index is 0.000000947. The molecular weight excluding hydrogens is 496 g/mol. The molecule has 3 heterocycles. The van der Waals surface area contributed by atoms with Crippen molar-refractivity contribution in [3.8, 4) is 0 Å². The summed E-state index contributed by atoms with van der Waals surface area (Å²) >= 11 is 0. The zero-order valence-electron chi connectivity index (χ0n) is 22.5. The van der Waals surface area contributed by atoms with E-state index < -0.39 is 5.92 Å². The van der Waals surface area contributed by atoms with Gasteiger partial charge in [-0.25, -0.2) is 24.6 Å². The Labute approximate surface area is 222 Å². The minimum Gasteiger partial charge on any atom is -0.400 e. The number of aliphatic hydroxyl groups excluding tert-OH is 1. The third-order valence-corrected chi connectivity index (χ3v) is 6.02. The van der Waals surface area contributed by atoms with Gasteiger partial charge in [-0.2, -0.15) is 5.10 Å². The van der Waals surface area contributed by atoms with E-state index in [4.69, 9.17) is 26.5 Å². The summed E-state index contributed by atoms with van der Waals surface area (Å²) in [5.41, 5.74) is 10.4. The summed E-state index contributed by atoms with van der Waals surface area (Å²) in [6.07, 6.45) is 5.66. The maximum absolute atomic E-state index is 13.9. The zero-order valence-corrected chi connectivity index (χ0v) is 22.5. The first kappa shape index (κ1) is 30.8. The number of nitrogens with two attached hydrogens (primary N) is 2. The molecule has 1 aliphatic heterocycles. The monoisotopic (exact) mass is 535 g/mol. The lowest BCUT2D eigenvalue weighted by Crippen LogP contribution is -2.43. The quantitative estimate of drug-likeness (QED) is 0.223. The standard InChI is InChI=1S/C22H31F2N9.C2H4O.CH4O/c1-3-15-18(33-10-4-9-22(23,24)13-33)8-7-16(29-15)20(25)19(32(2)26)12-27-21-30-17(11-28-31-21)14-5-6-14;1-2-3;1-2/h7-8,11,14H,3-6,9-10,12-13,25-26H2,1-2H3,(H,27,30,31);2H,1H3;2H,1H3/b20-19-;;. The van der Waals surface area contributed by atoms with E-state index in [-0.39, 0.29) is 19.5 Å². The number of aliphatic hydroxyl groups is 1. The Morgan fingerprint density at radius 1 is 1.32 bits per heavy atom. The first-order valence-corrected chi connectivity index (χ1v) is 12.6. The van der Waals surface area contributed by atoms with Crippen LogP contribution in [0.15, 0.2) is 24.0 Å². The van der Waals surface area contributed by atoms with Crippen LogP contribution in [0.4, 0.5) is 20.4 Å². The SMILES string of the molecule is CC=O.CCc1nc(/C(N)=C(\CNc2nncc(C3CC3)n2)N(C)N)ccc1N1CCCC(F)(F)C1.CO. The first-order chi connectivity index (χ1) is 18.2. The molecule has 0 aromatic carbocycles. The summed E-state index contributed by atoms with van der Waals surface area (Å²) in [5, 5.41) is 19.6. The lowest BCUT2D eigenvalue weighted by atomic mass is 10.1. The van der Waals surface area contributed by atoms with Crippen LogP contribution >= 0.6 is 0 Å². The molecule has 0 spiro atoms. The second-order valence-electron chi connectivity index (χ2n) is 8.94. The van der Waals surface area contributed by atoms with Crippen molar-refractivity contribution in [2.75, 3.05) is 44.0 Å². The van der Waals surface area contributed by atoms with Gasteiger partial charge in [0.25, 0.3) is 5.92 Å². The van der Waals surface area contributed by atoms with Crippen LogP contribution in [0.5, 0.6) is 0 Å². The van der Waals surface area contributed by atoms with Gasteiger partial charge in [0.2, 0.25) is 5.95 Å². The summed E-state index contributed by atoms with van der Waals surface area (Å²) < 4.78 is 27.9. The van der Waals surface area contributed by atoms with Crippen molar-refractivity contribution in [3.63, 3.8) is 0 Å². The number of nitrogens with zero attached hydrogens (tertiary/aromatic N) is 6. The molecular formula is C25H39F2N9O2. The summed E-state index contributed by atoms with van der Waals surface area (Å²) in [4.78, 5) is 19.7. The number of nitrogens with one attached hydrogen (secondary N) is 1. The van der Waals surface area contributed by atoms with E-state index in [1.165, 1.54) is 11.9 Å². The van der Waals surface area contributed by atoms with Crippen molar-refractivity contribution in [2.45, 2.75) is 57.8 Å². The van der Waals surface area contributed by atoms with Crippen LogP contribution in [0.2, 0.25) is 0 Å². The molecule has 1 saturated heterocycles. The molecule has 6 N–H and O–H groups in total. The third-order valence-electron chi connectivity index (χ3n) is 6.02. The molecule has 0 unspecified atom stereocenters. The fraction of sp³-hybridized carbons (Fsp3) is 0.560. The van der Waals surface area contributed by atoms with Crippen molar-refractivity contribution in [1.82, 2.24) is 25.2 Å². The van der Waals surface area contributed by atoms with Gasteiger partial charge >= 0.3 is 0 Å². The summed E-state index contributed by atoms with van der Waals surface area (Å²) in [5.74, 6) is 4.25. The molecule has 13 heteroatoms. The van der Waals surface area contributed by atoms with Crippen molar-refractivity contribution in [1.29, 1.82) is 0 Å². The van der Waals surface area contributed by atoms with E-state index in [0.717, 1.165) is 43.3 Å². The first-order valence-electron chi connectivity index (χ1n) is 12.6. The van der Waals surface area contributed by atoms with Crippen LogP contribution in [0.1, 0.15) is 62.5 Å². The number of rotatable bonds is 8. The highest BCUT2D eigenvalue weighted by Crippen LogP contribution is 2.38. The minimum absolute atomic E-state index is 0.0752. The van der Waals surface area contributed by atoms with Gasteiger partial charge in [0.05, 0.1) is 53.4 Å². The number of aryl methyl sites for hydroxylation is 1. The van der Waals surface area contributed by atoms with E-state index >= 15 is 0 Å². The number of hydrogen-bond donors (Lipinski definition) is 4. The Kier molecular flexibility index (Phi) is 11.7. The van der Waals surface area contributed by atoms with E-state index in [1.807, 2.05) is 13.0 Å². The van der Waals surface area contributed by atoms with E-state index in [1.54, 1.807) is 24.2 Å². The number of hydrazine groups is 1. The molecule has 4 rings (SSSR count). The molecule has 0 atom stereocenters. The summed E-state index contributed by atoms with van der Waals surface area (Å²) in [7, 11) is 2.69. The predicted molar refractivity (Wildman–Crippen MR) is 143 cm³/mol. The Bertz CT molecular complexity index is 1080. The summed E-state index contributed by atoms with van der Waals surface area (Å²) in [6.45, 7) is 3.97. The van der Waals surface area contributed by atoms with Crippen molar-refractivity contribution in [3.05, 3.63) is 41.1 Å². The number of aromatic nitrogens is 4. The number of hydrogen-bond acceptors (Lipinski definition) is 11. The van der Waals surface area contributed by atoms with Crippen molar-refractivity contribution in [2.24, 2.45) is 11.6 Å². The fourth-order valence-electron chi connectivity index (χ4n) is 4.05. The molecule has 0 bridgehead atoms. The molecule has 1 aliphatic carbocycles. The molecule has 0 amide bonds. The van der Waals surface area contributed by atoms with Gasteiger partial charge < -0.3 is 30.9 Å². The number of carbonyl (C=O) groups excluding carboxylic acids is 1. The topological polar surface area (TPSA) is 159 Å². The van der Waals surface area contributed by atoms with Crippen LogP contribution in [0, 0.1) is 0 Å². The third kappa shape index (κ3) is 8.55. The van der Waals surface area contributed by atoms with Crippen molar-refractivity contribution >= 4 is 23.6 Å². The van der Waals surface area contributed by atoms with E-state index in [2.05, 4.69) is 20.5 Å². The van der Waals surface area contributed by atoms with Crippen LogP contribution < -0.4 is 21.8 Å².